The summed E-state index contributed by atoms with van der Waals surface area (Å²) >= 11 is 0. The molecule has 0 spiro atoms. The number of carbonyl (C=O) groups is 1. The number of carbonyl (C=O) groups excluding carboxylic acids is 1. The number of nitrogens with two attached hydrogens (primary N) is 1. The van der Waals surface area contributed by atoms with Gasteiger partial charge in [-0.1, -0.05) is 72.8 Å². The maximum Gasteiger partial charge on any atom is 0.227 e. The number of hydrogen-bond donors (Lipinski definition) is 1. The Hall–Kier alpha value is -2.91. The van der Waals surface area contributed by atoms with Crippen molar-refractivity contribution in [3.63, 3.8) is 0 Å². The zero-order valence-electron chi connectivity index (χ0n) is 14.5. The number of Topliss-reactive ketones (excluding diaryl/α,β-unsaturated/α-hetero) is 1. The minimum absolute atomic E-state index is 0.147. The fourth-order valence-electron chi connectivity index (χ4n) is 3.52. The first kappa shape index (κ1) is 16.6. The Labute approximate surface area is 153 Å². The molecule has 0 amide bonds. The molecule has 1 heterocycles. The highest BCUT2D eigenvalue weighted by molar-refractivity contribution is 6.03. The van der Waals surface area contributed by atoms with Crippen LogP contribution >= 0.6 is 0 Å². The van der Waals surface area contributed by atoms with Crippen LogP contribution in [0.3, 0.4) is 0 Å². The van der Waals surface area contributed by atoms with Crippen molar-refractivity contribution in [2.24, 2.45) is 0 Å². The van der Waals surface area contributed by atoms with E-state index in [0.29, 0.717) is 11.3 Å². The van der Waals surface area contributed by atoms with Gasteiger partial charge in [0, 0.05) is 6.42 Å². The summed E-state index contributed by atoms with van der Waals surface area (Å²) in [6.07, 6.45) is 0.655. The van der Waals surface area contributed by atoms with Gasteiger partial charge in [-0.15, -0.1) is 0 Å². The fourth-order valence-corrected chi connectivity index (χ4v) is 3.52. The van der Waals surface area contributed by atoms with Gasteiger partial charge in [-0.3, -0.25) is 4.79 Å². The summed E-state index contributed by atoms with van der Waals surface area (Å²) < 4.78 is 6.25. The van der Waals surface area contributed by atoms with E-state index in [0.717, 1.165) is 18.5 Å². The van der Waals surface area contributed by atoms with Crippen LogP contribution in [0.1, 0.15) is 27.6 Å². The summed E-state index contributed by atoms with van der Waals surface area (Å²) in [4.78, 5) is 13.1. The summed E-state index contributed by atoms with van der Waals surface area (Å²) in [6.45, 7) is 0.843. The third-order valence-electron chi connectivity index (χ3n) is 4.86. The van der Waals surface area contributed by atoms with Crippen LogP contribution in [0.4, 0.5) is 0 Å². The predicted molar refractivity (Wildman–Crippen MR) is 101 cm³/mol. The van der Waals surface area contributed by atoms with Gasteiger partial charge in [-0.05, 0) is 23.3 Å². The zero-order valence-corrected chi connectivity index (χ0v) is 14.5. The van der Waals surface area contributed by atoms with Crippen LogP contribution < -0.4 is 10.1 Å². The highest BCUT2D eigenvalue weighted by atomic mass is 16.5. The van der Waals surface area contributed by atoms with Crippen LogP contribution in [0.15, 0.2) is 84.9 Å². The minimum Gasteiger partial charge on any atom is -0.478 e. The van der Waals surface area contributed by atoms with Crippen LogP contribution in [0.25, 0.3) is 0 Å². The van der Waals surface area contributed by atoms with Gasteiger partial charge in [0.15, 0.2) is 12.1 Å². The first-order valence-corrected chi connectivity index (χ1v) is 9.05. The van der Waals surface area contributed by atoms with Crippen molar-refractivity contribution >= 4 is 5.78 Å². The molecule has 3 nitrogen and oxygen atoms in total. The lowest BCUT2D eigenvalue weighted by molar-refractivity contribution is -0.682. The third-order valence-corrected chi connectivity index (χ3v) is 4.86. The molecule has 3 aromatic carbocycles. The van der Waals surface area contributed by atoms with E-state index in [1.54, 1.807) is 0 Å². The summed E-state index contributed by atoms with van der Waals surface area (Å²) in [6, 6.07) is 27.7. The van der Waals surface area contributed by atoms with Crippen LogP contribution in [0.2, 0.25) is 0 Å². The average Bonchev–Trinajstić information content (AvgIpc) is 2.71. The van der Waals surface area contributed by atoms with Gasteiger partial charge in [0.05, 0.1) is 12.1 Å². The maximum atomic E-state index is 13.1. The molecule has 1 aliphatic heterocycles. The number of hydrogen-bond acceptors (Lipinski definition) is 2. The highest BCUT2D eigenvalue weighted by Gasteiger charge is 2.40. The average molecular weight is 344 g/mol. The summed E-state index contributed by atoms with van der Waals surface area (Å²) in [5.74, 6) is 0.827. The number of benzene rings is 3. The summed E-state index contributed by atoms with van der Waals surface area (Å²) in [5.41, 5.74) is 3.00. The lowest BCUT2D eigenvalue weighted by Gasteiger charge is -2.31. The minimum atomic E-state index is -0.269. The SMILES string of the molecule is O=C1c2ccccc2O[C@@H](c2ccccc2)[C@@H]1[NH2+]CCc1ccccc1. The molecule has 0 saturated heterocycles. The molecule has 0 unspecified atom stereocenters. The van der Waals surface area contributed by atoms with Gasteiger partial charge in [0.2, 0.25) is 5.78 Å². The molecule has 0 saturated carbocycles. The van der Waals surface area contributed by atoms with Gasteiger partial charge >= 0.3 is 0 Å². The zero-order chi connectivity index (χ0) is 17.8. The fraction of sp³-hybridized carbons (Fsp3) is 0.174. The molecule has 130 valence electrons. The van der Waals surface area contributed by atoms with Crippen molar-refractivity contribution in [1.82, 2.24) is 0 Å². The van der Waals surface area contributed by atoms with Crippen molar-refractivity contribution < 1.29 is 14.8 Å². The summed E-state index contributed by atoms with van der Waals surface area (Å²) in [5, 5.41) is 2.13. The second-order valence-electron chi connectivity index (χ2n) is 6.60. The summed E-state index contributed by atoms with van der Waals surface area (Å²) in [7, 11) is 0. The van der Waals surface area contributed by atoms with E-state index in [1.165, 1.54) is 5.56 Å². The quantitative estimate of drug-likeness (QED) is 0.772. The van der Waals surface area contributed by atoms with Crippen molar-refractivity contribution in [3.8, 4) is 5.75 Å². The Balaban J connectivity index is 1.57. The van der Waals surface area contributed by atoms with Crippen molar-refractivity contribution in [3.05, 3.63) is 102 Å². The lowest BCUT2D eigenvalue weighted by atomic mass is 9.91. The topological polar surface area (TPSA) is 42.9 Å². The van der Waals surface area contributed by atoms with Gasteiger partial charge in [0.1, 0.15) is 5.75 Å². The van der Waals surface area contributed by atoms with E-state index in [2.05, 4.69) is 17.4 Å². The molecule has 3 aromatic rings. The van der Waals surface area contributed by atoms with Crippen molar-refractivity contribution in [2.45, 2.75) is 18.6 Å². The molecule has 0 radical (unpaired) electrons. The van der Waals surface area contributed by atoms with E-state index in [9.17, 15) is 4.79 Å². The van der Waals surface area contributed by atoms with E-state index in [-0.39, 0.29) is 17.9 Å². The number of ketones is 1. The number of ether oxygens (including phenoxy) is 1. The van der Waals surface area contributed by atoms with Crippen molar-refractivity contribution in [1.29, 1.82) is 0 Å². The first-order valence-electron chi connectivity index (χ1n) is 9.05. The molecule has 0 aliphatic carbocycles. The monoisotopic (exact) mass is 344 g/mol. The molecular formula is C23H22NO2+. The van der Waals surface area contributed by atoms with Crippen LogP contribution in [-0.4, -0.2) is 18.4 Å². The lowest BCUT2D eigenvalue weighted by Crippen LogP contribution is -2.94. The second-order valence-corrected chi connectivity index (χ2v) is 6.60. The van der Waals surface area contributed by atoms with E-state index in [4.69, 9.17) is 4.74 Å². The molecule has 26 heavy (non-hydrogen) atoms. The Kier molecular flexibility index (Phi) is 4.80. The molecule has 2 N–H and O–H groups in total. The number of quaternary nitrogens is 1. The largest absolute Gasteiger partial charge is 0.478 e. The van der Waals surface area contributed by atoms with Gasteiger partial charge in [0.25, 0.3) is 0 Å². The molecule has 3 heteroatoms. The van der Waals surface area contributed by atoms with E-state index < -0.39 is 0 Å². The molecule has 2 atom stereocenters. The molecule has 1 aliphatic rings. The molecule has 0 fully saturated rings. The number of para-hydroxylation sites is 1. The van der Waals surface area contributed by atoms with Crippen LogP contribution in [0.5, 0.6) is 5.75 Å². The van der Waals surface area contributed by atoms with Crippen LogP contribution in [-0.2, 0) is 6.42 Å². The highest BCUT2D eigenvalue weighted by Crippen LogP contribution is 2.33. The van der Waals surface area contributed by atoms with E-state index >= 15 is 0 Å². The second kappa shape index (κ2) is 7.54. The Morgan fingerprint density at radius 2 is 1.46 bits per heavy atom. The van der Waals surface area contributed by atoms with Crippen LogP contribution in [0, 0.1) is 0 Å². The smallest absolute Gasteiger partial charge is 0.227 e. The normalized spacial score (nSPS) is 18.8. The van der Waals surface area contributed by atoms with Gasteiger partial charge in [-0.2, -0.15) is 0 Å². The standard InChI is InChI=1S/C23H21NO2/c25-22-19-13-7-8-14-20(19)26-23(18-11-5-2-6-12-18)21(22)24-16-15-17-9-3-1-4-10-17/h1-14,21,23-24H,15-16H2/p+1/t21-,23+/m1/s1. The third kappa shape index (κ3) is 3.39. The predicted octanol–water partition coefficient (Wildman–Crippen LogP) is 3.18. The van der Waals surface area contributed by atoms with Gasteiger partial charge < -0.3 is 10.1 Å². The van der Waals surface area contributed by atoms with Crippen molar-refractivity contribution in [2.75, 3.05) is 6.54 Å². The molecule has 0 bridgehead atoms. The maximum absolute atomic E-state index is 13.1. The Bertz CT molecular complexity index is 877. The number of rotatable bonds is 5. The first-order chi connectivity index (χ1) is 12.8. The van der Waals surface area contributed by atoms with Gasteiger partial charge in [-0.25, -0.2) is 0 Å². The molecular weight excluding hydrogens is 322 g/mol. The Morgan fingerprint density at radius 1 is 0.808 bits per heavy atom. The number of fused-ring (bicyclic) bond motifs is 1. The molecule has 4 rings (SSSR count). The van der Waals surface area contributed by atoms with E-state index in [1.807, 2.05) is 72.8 Å². The Morgan fingerprint density at radius 3 is 2.23 bits per heavy atom. The molecule has 0 aromatic heterocycles.